The summed E-state index contributed by atoms with van der Waals surface area (Å²) in [5.41, 5.74) is 0.237. The van der Waals surface area contributed by atoms with Crippen molar-refractivity contribution in [2.45, 2.75) is 38.5 Å². The Kier molecular flexibility index (Phi) is 5.64. The highest BCUT2D eigenvalue weighted by Gasteiger charge is 2.53. The molecule has 1 amide bonds. The lowest BCUT2D eigenvalue weighted by Gasteiger charge is -2.05. The Morgan fingerprint density at radius 2 is 1.52 bits per heavy atom. The summed E-state index contributed by atoms with van der Waals surface area (Å²) in [5.74, 6) is 0.676. The van der Waals surface area contributed by atoms with Crippen LogP contribution < -0.4 is 5.32 Å². The van der Waals surface area contributed by atoms with Crippen molar-refractivity contribution in [3.63, 3.8) is 0 Å². The minimum Gasteiger partial charge on any atom is -0.320 e. The number of hydrogen-bond donors (Lipinski definition) is 1. The number of carbonyl (C=O) groups is 1. The molecule has 5 nitrogen and oxygen atoms in total. The second-order valence-electron chi connectivity index (χ2n) is 6.79. The van der Waals surface area contributed by atoms with Crippen molar-refractivity contribution in [1.82, 2.24) is 0 Å². The average molecular weight is 340 g/mol. The molecule has 1 N–H and O–H groups in total. The molecule has 0 unspecified atom stereocenters. The van der Waals surface area contributed by atoms with Gasteiger partial charge in [0.05, 0.1) is 4.92 Å². The van der Waals surface area contributed by atoms with Gasteiger partial charge in [-0.1, -0.05) is 36.4 Å². The van der Waals surface area contributed by atoms with Crippen molar-refractivity contribution in [3.05, 3.63) is 58.7 Å². The predicted molar refractivity (Wildman–Crippen MR) is 98.2 cm³/mol. The molecule has 0 heterocycles. The van der Waals surface area contributed by atoms with Crippen molar-refractivity contribution in [3.8, 4) is 0 Å². The van der Waals surface area contributed by atoms with Gasteiger partial charge in [0.2, 0.25) is 5.91 Å². The fourth-order valence-electron chi connectivity index (χ4n) is 3.82. The van der Waals surface area contributed by atoms with E-state index < -0.39 is 4.92 Å². The van der Waals surface area contributed by atoms with E-state index in [1.54, 1.807) is 18.2 Å². The van der Waals surface area contributed by atoms with Crippen molar-refractivity contribution in [2.75, 3.05) is 5.32 Å². The van der Waals surface area contributed by atoms with Gasteiger partial charge in [0, 0.05) is 12.0 Å². The van der Waals surface area contributed by atoms with E-state index in [4.69, 9.17) is 0 Å². The van der Waals surface area contributed by atoms with E-state index in [0.29, 0.717) is 17.5 Å². The summed E-state index contributed by atoms with van der Waals surface area (Å²) in [4.78, 5) is 23.3. The van der Waals surface area contributed by atoms with E-state index in [9.17, 15) is 14.9 Å². The Morgan fingerprint density at radius 1 is 0.960 bits per heavy atom. The largest absolute Gasteiger partial charge is 0.320 e. The van der Waals surface area contributed by atoms with Crippen LogP contribution >= 0.6 is 0 Å². The first kappa shape index (κ1) is 17.4. The molecule has 25 heavy (non-hydrogen) atoms. The van der Waals surface area contributed by atoms with Gasteiger partial charge < -0.3 is 5.32 Å². The van der Waals surface area contributed by atoms with E-state index in [1.807, 2.05) is 0 Å². The lowest BCUT2D eigenvalue weighted by molar-refractivity contribution is -0.383. The molecule has 0 aliphatic heterocycles. The van der Waals surface area contributed by atoms with Gasteiger partial charge >= 0.3 is 0 Å². The fourth-order valence-corrected chi connectivity index (χ4v) is 3.82. The molecule has 1 fully saturated rings. The quantitative estimate of drug-likeness (QED) is 0.485. The van der Waals surface area contributed by atoms with Crippen LogP contribution in [0.3, 0.4) is 0 Å². The van der Waals surface area contributed by atoms with Crippen molar-refractivity contribution >= 4 is 17.3 Å². The number of hydrogen-bond acceptors (Lipinski definition) is 3. The minimum absolute atomic E-state index is 0.0256. The lowest BCUT2D eigenvalue weighted by Crippen LogP contribution is -2.16. The number of fused-ring (bicyclic) bond motifs is 1. The summed E-state index contributed by atoms with van der Waals surface area (Å²) in [6, 6.07) is 6.32. The summed E-state index contributed by atoms with van der Waals surface area (Å²) >= 11 is 0. The third-order valence-electron chi connectivity index (χ3n) is 5.16. The number of amides is 1. The second-order valence-corrected chi connectivity index (χ2v) is 6.79. The molecule has 1 aromatic rings. The normalized spacial score (nSPS) is 28.6. The molecule has 2 aliphatic rings. The van der Waals surface area contributed by atoms with Crippen LogP contribution in [-0.4, -0.2) is 10.8 Å². The standard InChI is InChI=1S/C20H24N2O3/c23-20(21-17-13-9-10-14-18(17)22(24)25)19-15-11-7-5-3-1-2-4-6-8-12-16(15)19/h3-6,9-10,13-16,19H,1-2,7-8,11-12H2,(H,21,23)/b5-3-,6-4-/t15-,16-/m1/s1. The zero-order valence-electron chi connectivity index (χ0n) is 14.3. The smallest absolute Gasteiger partial charge is 0.292 e. The van der Waals surface area contributed by atoms with Crippen molar-refractivity contribution in [1.29, 1.82) is 0 Å². The summed E-state index contributed by atoms with van der Waals surface area (Å²) in [6.07, 6.45) is 15.0. The SMILES string of the molecule is O=C(Nc1ccccc1[N+](=O)[O-])C1[C@@H]2CC/C=C\CC/C=C\CC[C@@H]12. The summed E-state index contributed by atoms with van der Waals surface area (Å²) in [7, 11) is 0. The molecule has 2 aliphatic carbocycles. The highest BCUT2D eigenvalue weighted by Crippen LogP contribution is 2.52. The predicted octanol–water partition coefficient (Wildman–Crippen LogP) is 4.86. The number of anilines is 1. The molecular weight excluding hydrogens is 316 g/mol. The number of benzene rings is 1. The first-order valence-corrected chi connectivity index (χ1v) is 9.03. The maximum absolute atomic E-state index is 12.7. The number of carbonyl (C=O) groups excluding carboxylic acids is 1. The number of rotatable bonds is 3. The van der Waals surface area contributed by atoms with Crippen LogP contribution in [0.15, 0.2) is 48.6 Å². The van der Waals surface area contributed by atoms with Crippen LogP contribution in [0.5, 0.6) is 0 Å². The van der Waals surface area contributed by atoms with Gasteiger partial charge in [-0.25, -0.2) is 0 Å². The zero-order chi connectivity index (χ0) is 17.6. The van der Waals surface area contributed by atoms with Gasteiger partial charge in [-0.2, -0.15) is 0 Å². The van der Waals surface area contributed by atoms with Gasteiger partial charge in [0.1, 0.15) is 5.69 Å². The minimum atomic E-state index is -0.456. The van der Waals surface area contributed by atoms with Gasteiger partial charge in [-0.05, 0) is 56.4 Å². The monoisotopic (exact) mass is 340 g/mol. The number of nitrogens with zero attached hydrogens (tertiary/aromatic N) is 1. The highest BCUT2D eigenvalue weighted by molar-refractivity contribution is 5.96. The molecule has 0 spiro atoms. The van der Waals surface area contributed by atoms with E-state index in [1.165, 1.54) is 6.07 Å². The third-order valence-corrected chi connectivity index (χ3v) is 5.16. The average Bonchev–Trinajstić information content (AvgIpc) is 3.27. The molecular formula is C20H24N2O3. The number of nitro benzene ring substituents is 1. The molecule has 1 aromatic carbocycles. The lowest BCUT2D eigenvalue weighted by atomic mass is 10.1. The number of nitrogens with one attached hydrogen (secondary N) is 1. The van der Waals surface area contributed by atoms with Crippen LogP contribution in [0, 0.1) is 27.9 Å². The second kappa shape index (κ2) is 8.10. The Balaban J connectivity index is 1.67. The third kappa shape index (κ3) is 4.35. The van der Waals surface area contributed by atoms with Crippen molar-refractivity contribution < 1.29 is 9.72 Å². The van der Waals surface area contributed by atoms with Crippen LogP contribution in [-0.2, 0) is 4.79 Å². The Labute approximate surface area is 148 Å². The number of para-hydroxylation sites is 2. The van der Waals surface area contributed by atoms with Gasteiger partial charge in [-0.3, -0.25) is 14.9 Å². The van der Waals surface area contributed by atoms with Gasteiger partial charge in [0.25, 0.3) is 5.69 Å². The Morgan fingerprint density at radius 3 is 2.12 bits per heavy atom. The topological polar surface area (TPSA) is 72.2 Å². The van der Waals surface area contributed by atoms with Crippen LogP contribution in [0.2, 0.25) is 0 Å². The molecule has 132 valence electrons. The molecule has 1 saturated carbocycles. The van der Waals surface area contributed by atoms with E-state index in [2.05, 4.69) is 29.6 Å². The fraction of sp³-hybridized carbons (Fsp3) is 0.450. The Hall–Kier alpha value is -2.43. The number of nitro groups is 1. The molecule has 0 radical (unpaired) electrons. The van der Waals surface area contributed by atoms with E-state index in [0.717, 1.165) is 38.5 Å². The van der Waals surface area contributed by atoms with Crippen molar-refractivity contribution in [2.24, 2.45) is 17.8 Å². The molecule has 5 heteroatoms. The number of allylic oxidation sites excluding steroid dienone is 4. The summed E-state index contributed by atoms with van der Waals surface area (Å²) in [5, 5.41) is 13.9. The van der Waals surface area contributed by atoms with E-state index >= 15 is 0 Å². The van der Waals surface area contributed by atoms with Crippen LogP contribution in [0.25, 0.3) is 0 Å². The summed E-state index contributed by atoms with van der Waals surface area (Å²) < 4.78 is 0. The van der Waals surface area contributed by atoms with E-state index in [-0.39, 0.29) is 17.5 Å². The van der Waals surface area contributed by atoms with Gasteiger partial charge in [-0.15, -0.1) is 0 Å². The van der Waals surface area contributed by atoms with Crippen LogP contribution in [0.4, 0.5) is 11.4 Å². The first-order valence-electron chi connectivity index (χ1n) is 9.03. The summed E-state index contributed by atoms with van der Waals surface area (Å²) in [6.45, 7) is 0. The maximum Gasteiger partial charge on any atom is 0.292 e. The molecule has 0 saturated heterocycles. The maximum atomic E-state index is 12.7. The zero-order valence-corrected chi connectivity index (χ0v) is 14.3. The van der Waals surface area contributed by atoms with Crippen LogP contribution in [0.1, 0.15) is 38.5 Å². The molecule has 3 rings (SSSR count). The highest BCUT2D eigenvalue weighted by atomic mass is 16.6. The molecule has 0 bridgehead atoms. The molecule has 2 atom stereocenters. The first-order chi connectivity index (χ1) is 12.2. The molecule has 0 aromatic heterocycles. The van der Waals surface area contributed by atoms with Gasteiger partial charge in [0.15, 0.2) is 0 Å². The Bertz CT molecular complexity index is 672.